The molecule has 0 aliphatic rings. The van der Waals surface area contributed by atoms with Crippen LogP contribution in [0.2, 0.25) is 10.0 Å². The Balaban J connectivity index is 1.99. The van der Waals surface area contributed by atoms with Crippen molar-refractivity contribution in [3.8, 4) is 0 Å². The molecule has 0 bridgehead atoms. The smallest absolute Gasteiger partial charge is 0.264 e. The molecular weight excluding hydrogens is 564 g/mol. The van der Waals surface area contributed by atoms with Crippen molar-refractivity contribution in [1.29, 1.82) is 0 Å². The van der Waals surface area contributed by atoms with Crippen LogP contribution in [0, 0.1) is 5.82 Å². The van der Waals surface area contributed by atoms with E-state index in [0.717, 1.165) is 41.4 Å². The summed E-state index contributed by atoms with van der Waals surface area (Å²) in [5, 5.41) is 3.53. The topological polar surface area (TPSA) is 86.8 Å². The summed E-state index contributed by atoms with van der Waals surface area (Å²) in [6.07, 6.45) is 1.65. The fraction of sp³-hybridized carbons (Fsp3) is 0.286. The molecule has 0 fully saturated rings. The second kappa shape index (κ2) is 13.8. The number of rotatable bonds is 12. The summed E-state index contributed by atoms with van der Waals surface area (Å²) in [4.78, 5) is 27.9. The maximum atomic E-state index is 13.8. The first-order chi connectivity index (χ1) is 18.5. The average molecular weight is 595 g/mol. The minimum Gasteiger partial charge on any atom is -0.354 e. The van der Waals surface area contributed by atoms with Gasteiger partial charge in [0.15, 0.2) is 0 Å². The van der Waals surface area contributed by atoms with Crippen molar-refractivity contribution in [3.05, 3.63) is 94.2 Å². The van der Waals surface area contributed by atoms with E-state index < -0.39 is 34.3 Å². The zero-order valence-corrected chi connectivity index (χ0v) is 23.9. The molecule has 2 amide bonds. The number of carbonyl (C=O) groups excluding carboxylic acids is 2. The third kappa shape index (κ3) is 7.94. The lowest BCUT2D eigenvalue weighted by Crippen LogP contribution is -2.51. The summed E-state index contributed by atoms with van der Waals surface area (Å²) in [5.74, 6) is -1.60. The summed E-state index contributed by atoms with van der Waals surface area (Å²) in [7, 11) is -4.27. The fourth-order valence-electron chi connectivity index (χ4n) is 3.81. The lowest BCUT2D eigenvalue weighted by Gasteiger charge is -2.32. The Labute approximate surface area is 238 Å². The second-order valence-electron chi connectivity index (χ2n) is 8.88. The Hall–Kier alpha value is -3.14. The van der Waals surface area contributed by atoms with E-state index in [1.54, 1.807) is 49.4 Å². The standard InChI is InChI=1S/C28H30Cl2FN3O4S/c1-3-4-16-32-28(36)20(2)33(18-21-10-11-22(29)17-26(21)30)27(35)19-34(24-8-6-5-7-9-24)39(37,38)25-14-12-23(31)13-15-25/h5-15,17,20H,3-4,16,18-19H2,1-2H3,(H,32,36)/t20-/m0/s1. The largest absolute Gasteiger partial charge is 0.354 e. The van der Waals surface area contributed by atoms with Gasteiger partial charge in [-0.15, -0.1) is 0 Å². The Kier molecular flexibility index (Phi) is 10.7. The minimum absolute atomic E-state index is 0.0591. The Bertz CT molecular complexity index is 1390. The first kappa shape index (κ1) is 30.4. The van der Waals surface area contributed by atoms with E-state index in [9.17, 15) is 22.4 Å². The Morgan fingerprint density at radius 3 is 2.28 bits per heavy atom. The number of para-hydroxylation sites is 1. The molecule has 0 radical (unpaired) electrons. The van der Waals surface area contributed by atoms with Crippen molar-refractivity contribution >= 4 is 50.7 Å². The van der Waals surface area contributed by atoms with E-state index in [0.29, 0.717) is 22.2 Å². The minimum atomic E-state index is -4.27. The van der Waals surface area contributed by atoms with Gasteiger partial charge in [0.2, 0.25) is 11.8 Å². The molecule has 11 heteroatoms. The van der Waals surface area contributed by atoms with Gasteiger partial charge in [0.05, 0.1) is 10.6 Å². The Morgan fingerprint density at radius 2 is 1.67 bits per heavy atom. The molecular formula is C28H30Cl2FN3O4S. The van der Waals surface area contributed by atoms with Crippen molar-refractivity contribution in [1.82, 2.24) is 10.2 Å². The van der Waals surface area contributed by atoms with Gasteiger partial charge < -0.3 is 10.2 Å². The summed E-state index contributed by atoms with van der Waals surface area (Å²) >= 11 is 12.4. The molecule has 3 rings (SSSR count). The molecule has 0 aliphatic carbocycles. The molecule has 1 atom stereocenters. The molecule has 0 spiro atoms. The number of nitrogens with zero attached hydrogens (tertiary/aromatic N) is 2. The van der Waals surface area contributed by atoms with E-state index >= 15 is 0 Å². The van der Waals surface area contributed by atoms with Gasteiger partial charge in [-0.3, -0.25) is 13.9 Å². The summed E-state index contributed by atoms with van der Waals surface area (Å²) in [6.45, 7) is 3.34. The van der Waals surface area contributed by atoms with Crippen LogP contribution >= 0.6 is 23.2 Å². The molecule has 3 aromatic rings. The number of amides is 2. The number of sulfonamides is 1. The number of carbonyl (C=O) groups is 2. The third-order valence-corrected chi connectivity index (χ3v) is 8.45. The highest BCUT2D eigenvalue weighted by molar-refractivity contribution is 7.92. The number of nitrogens with one attached hydrogen (secondary N) is 1. The molecule has 7 nitrogen and oxygen atoms in total. The van der Waals surface area contributed by atoms with Crippen LogP contribution in [0.4, 0.5) is 10.1 Å². The molecule has 0 aromatic heterocycles. The quantitative estimate of drug-likeness (QED) is 0.274. The van der Waals surface area contributed by atoms with Crippen molar-refractivity contribution in [3.63, 3.8) is 0 Å². The predicted molar refractivity (Wildman–Crippen MR) is 152 cm³/mol. The maximum absolute atomic E-state index is 13.8. The van der Waals surface area contributed by atoms with Crippen LogP contribution in [0.15, 0.2) is 77.7 Å². The predicted octanol–water partition coefficient (Wildman–Crippen LogP) is 5.66. The van der Waals surface area contributed by atoms with Crippen molar-refractivity contribution in [2.75, 3.05) is 17.4 Å². The van der Waals surface area contributed by atoms with E-state index in [1.807, 2.05) is 6.92 Å². The molecule has 0 heterocycles. The molecule has 0 saturated heterocycles. The Morgan fingerprint density at radius 1 is 1.00 bits per heavy atom. The zero-order chi connectivity index (χ0) is 28.6. The lowest BCUT2D eigenvalue weighted by molar-refractivity contribution is -0.139. The molecule has 0 aliphatic heterocycles. The molecule has 3 aromatic carbocycles. The monoisotopic (exact) mass is 593 g/mol. The van der Waals surface area contributed by atoms with Crippen LogP contribution in [-0.4, -0.2) is 44.3 Å². The number of unbranched alkanes of at least 4 members (excludes halogenated alkanes) is 1. The lowest BCUT2D eigenvalue weighted by atomic mass is 10.1. The number of benzene rings is 3. The first-order valence-corrected chi connectivity index (χ1v) is 14.6. The van der Waals surface area contributed by atoms with Crippen LogP contribution in [-0.2, 0) is 26.2 Å². The van der Waals surface area contributed by atoms with E-state index in [-0.39, 0.29) is 23.0 Å². The highest BCUT2D eigenvalue weighted by Gasteiger charge is 2.32. The van der Waals surface area contributed by atoms with Gasteiger partial charge in [0, 0.05) is 23.1 Å². The molecule has 39 heavy (non-hydrogen) atoms. The van der Waals surface area contributed by atoms with Crippen molar-refractivity contribution in [2.24, 2.45) is 0 Å². The number of anilines is 1. The summed E-state index contributed by atoms with van der Waals surface area (Å²) < 4.78 is 41.8. The van der Waals surface area contributed by atoms with Gasteiger partial charge in [0.25, 0.3) is 10.0 Å². The van der Waals surface area contributed by atoms with Gasteiger partial charge in [-0.1, -0.05) is 60.8 Å². The van der Waals surface area contributed by atoms with Crippen LogP contribution in [0.5, 0.6) is 0 Å². The normalized spacial score (nSPS) is 12.0. The molecule has 208 valence electrons. The van der Waals surface area contributed by atoms with Crippen LogP contribution in [0.3, 0.4) is 0 Å². The zero-order valence-electron chi connectivity index (χ0n) is 21.6. The first-order valence-electron chi connectivity index (χ1n) is 12.4. The van der Waals surface area contributed by atoms with Crippen molar-refractivity contribution in [2.45, 2.75) is 44.2 Å². The summed E-state index contributed by atoms with van der Waals surface area (Å²) in [5.41, 5.74) is 0.773. The summed E-state index contributed by atoms with van der Waals surface area (Å²) in [6, 6.07) is 16.3. The highest BCUT2D eigenvalue weighted by atomic mass is 35.5. The molecule has 0 unspecified atom stereocenters. The van der Waals surface area contributed by atoms with Crippen LogP contribution in [0.1, 0.15) is 32.3 Å². The third-order valence-electron chi connectivity index (χ3n) is 6.08. The van der Waals surface area contributed by atoms with Gasteiger partial charge in [0.1, 0.15) is 18.4 Å². The maximum Gasteiger partial charge on any atom is 0.264 e. The molecule has 0 saturated carbocycles. The second-order valence-corrected chi connectivity index (χ2v) is 11.6. The fourth-order valence-corrected chi connectivity index (χ4v) is 5.69. The van der Waals surface area contributed by atoms with E-state index in [4.69, 9.17) is 23.2 Å². The van der Waals surface area contributed by atoms with Gasteiger partial charge in [-0.05, 0) is 67.4 Å². The average Bonchev–Trinajstić information content (AvgIpc) is 2.91. The van der Waals surface area contributed by atoms with Gasteiger partial charge in [-0.2, -0.15) is 0 Å². The number of hydrogen-bond donors (Lipinski definition) is 1. The molecule has 1 N–H and O–H groups in total. The van der Waals surface area contributed by atoms with E-state index in [1.165, 1.54) is 11.0 Å². The van der Waals surface area contributed by atoms with Crippen molar-refractivity contribution < 1.29 is 22.4 Å². The van der Waals surface area contributed by atoms with E-state index in [2.05, 4.69) is 5.32 Å². The SMILES string of the molecule is CCCCNC(=O)[C@H](C)N(Cc1ccc(Cl)cc1Cl)C(=O)CN(c1ccccc1)S(=O)(=O)c1ccc(F)cc1. The van der Waals surface area contributed by atoms with Crippen LogP contribution < -0.4 is 9.62 Å². The van der Waals surface area contributed by atoms with Gasteiger partial charge in [-0.25, -0.2) is 12.8 Å². The number of halogens is 3. The highest BCUT2D eigenvalue weighted by Crippen LogP contribution is 2.26. The number of hydrogen-bond acceptors (Lipinski definition) is 4. The van der Waals surface area contributed by atoms with Gasteiger partial charge >= 0.3 is 0 Å². The van der Waals surface area contributed by atoms with Crippen LogP contribution in [0.25, 0.3) is 0 Å².